The van der Waals surface area contributed by atoms with Crippen LogP contribution >= 0.6 is 11.8 Å². The molecule has 0 saturated carbocycles. The monoisotopic (exact) mass is 427 g/mol. The summed E-state index contributed by atoms with van der Waals surface area (Å²) in [6, 6.07) is 13.4. The van der Waals surface area contributed by atoms with Gasteiger partial charge in [-0.05, 0) is 36.8 Å². The predicted octanol–water partition coefficient (Wildman–Crippen LogP) is 2.34. The predicted molar refractivity (Wildman–Crippen MR) is 115 cm³/mol. The normalized spacial score (nSPS) is 17.0. The van der Waals surface area contributed by atoms with Crippen molar-refractivity contribution in [1.29, 1.82) is 0 Å². The zero-order chi connectivity index (χ0) is 21.1. The summed E-state index contributed by atoms with van der Waals surface area (Å²) >= 11 is 1.33. The molecule has 2 N–H and O–H groups in total. The van der Waals surface area contributed by atoms with Crippen LogP contribution < -0.4 is 15.2 Å². The molecule has 30 heavy (non-hydrogen) atoms. The van der Waals surface area contributed by atoms with Gasteiger partial charge in [0.05, 0.1) is 10.8 Å². The summed E-state index contributed by atoms with van der Waals surface area (Å²) in [5.41, 5.74) is 7.18. The SMILES string of the molecule is CC(Sc1ccccc1C(=O)N1CCN(Cc2ccc3c(c2)OCO3)CC1)C(N)=O. The summed E-state index contributed by atoms with van der Waals surface area (Å²) in [4.78, 5) is 29.5. The zero-order valence-corrected chi connectivity index (χ0v) is 17.7. The molecule has 2 amide bonds. The molecule has 2 aromatic rings. The lowest BCUT2D eigenvalue weighted by Crippen LogP contribution is -2.48. The van der Waals surface area contributed by atoms with Crippen LogP contribution in [0.3, 0.4) is 0 Å². The second-order valence-corrected chi connectivity index (χ2v) is 8.80. The number of amides is 2. The first-order valence-electron chi connectivity index (χ1n) is 9.96. The molecule has 0 spiro atoms. The van der Waals surface area contributed by atoms with E-state index in [1.165, 1.54) is 17.3 Å². The van der Waals surface area contributed by atoms with Crippen LogP contribution in [0.15, 0.2) is 47.4 Å². The van der Waals surface area contributed by atoms with Crippen molar-refractivity contribution in [1.82, 2.24) is 9.80 Å². The van der Waals surface area contributed by atoms with Gasteiger partial charge >= 0.3 is 0 Å². The summed E-state index contributed by atoms with van der Waals surface area (Å²) in [5.74, 6) is 1.19. The van der Waals surface area contributed by atoms with Gasteiger partial charge in [-0.3, -0.25) is 14.5 Å². The van der Waals surface area contributed by atoms with Gasteiger partial charge in [0.1, 0.15) is 0 Å². The molecule has 2 aliphatic heterocycles. The number of carbonyl (C=O) groups is 2. The van der Waals surface area contributed by atoms with E-state index in [9.17, 15) is 9.59 Å². The molecule has 2 heterocycles. The Morgan fingerprint density at radius 1 is 1.07 bits per heavy atom. The first-order valence-corrected chi connectivity index (χ1v) is 10.8. The third-order valence-electron chi connectivity index (χ3n) is 5.32. The summed E-state index contributed by atoms with van der Waals surface area (Å²) in [5, 5.41) is -0.391. The Morgan fingerprint density at radius 2 is 1.80 bits per heavy atom. The van der Waals surface area contributed by atoms with Gasteiger partial charge in [0, 0.05) is 37.6 Å². The lowest BCUT2D eigenvalue weighted by molar-refractivity contribution is -0.117. The Labute approximate surface area is 180 Å². The Balaban J connectivity index is 1.36. The van der Waals surface area contributed by atoms with Crippen LogP contribution in [0.5, 0.6) is 11.5 Å². The first-order chi connectivity index (χ1) is 14.5. The Bertz CT molecular complexity index is 944. The lowest BCUT2D eigenvalue weighted by Gasteiger charge is -2.35. The third kappa shape index (κ3) is 4.55. The van der Waals surface area contributed by atoms with E-state index in [4.69, 9.17) is 15.2 Å². The van der Waals surface area contributed by atoms with E-state index in [1.807, 2.05) is 41.3 Å². The number of nitrogens with zero attached hydrogens (tertiary/aromatic N) is 2. The summed E-state index contributed by atoms with van der Waals surface area (Å²) in [7, 11) is 0. The van der Waals surface area contributed by atoms with E-state index in [-0.39, 0.29) is 18.6 Å². The fourth-order valence-corrected chi connectivity index (χ4v) is 4.51. The van der Waals surface area contributed by atoms with Gasteiger partial charge in [-0.25, -0.2) is 0 Å². The van der Waals surface area contributed by atoms with Crippen LogP contribution in [0.1, 0.15) is 22.8 Å². The lowest BCUT2D eigenvalue weighted by atomic mass is 10.1. The molecule has 158 valence electrons. The molecular formula is C22H25N3O4S. The molecule has 0 aliphatic carbocycles. The van der Waals surface area contributed by atoms with Crippen LogP contribution in [-0.4, -0.2) is 59.8 Å². The van der Waals surface area contributed by atoms with Crippen LogP contribution in [0.4, 0.5) is 0 Å². The maximum absolute atomic E-state index is 13.1. The summed E-state index contributed by atoms with van der Waals surface area (Å²) < 4.78 is 10.8. The number of nitrogens with two attached hydrogens (primary N) is 1. The Kier molecular flexibility index (Phi) is 6.15. The number of carbonyl (C=O) groups excluding carboxylic acids is 2. The smallest absolute Gasteiger partial charge is 0.255 e. The van der Waals surface area contributed by atoms with Gasteiger partial charge in [-0.15, -0.1) is 11.8 Å². The molecule has 7 nitrogen and oxygen atoms in total. The average Bonchev–Trinajstić information content (AvgIpc) is 3.22. The van der Waals surface area contributed by atoms with Crippen molar-refractivity contribution in [3.05, 3.63) is 53.6 Å². The highest BCUT2D eigenvalue weighted by atomic mass is 32.2. The van der Waals surface area contributed by atoms with Gasteiger partial charge in [0.25, 0.3) is 5.91 Å². The Hall–Kier alpha value is -2.71. The Morgan fingerprint density at radius 3 is 2.57 bits per heavy atom. The maximum Gasteiger partial charge on any atom is 0.255 e. The molecule has 1 unspecified atom stereocenters. The number of hydrogen-bond acceptors (Lipinski definition) is 6. The van der Waals surface area contributed by atoms with Gasteiger partial charge in [-0.2, -0.15) is 0 Å². The fraction of sp³-hybridized carbons (Fsp3) is 0.364. The molecule has 1 fully saturated rings. The number of fused-ring (bicyclic) bond motifs is 1. The topological polar surface area (TPSA) is 85.1 Å². The van der Waals surface area contributed by atoms with Crippen LogP contribution in [0, 0.1) is 0 Å². The molecule has 2 aliphatic rings. The number of primary amides is 1. The number of thioether (sulfide) groups is 1. The summed E-state index contributed by atoms with van der Waals surface area (Å²) in [6.07, 6.45) is 0. The minimum absolute atomic E-state index is 0.00231. The van der Waals surface area contributed by atoms with E-state index in [1.54, 1.807) is 6.92 Å². The van der Waals surface area contributed by atoms with Gasteiger partial charge < -0.3 is 20.1 Å². The molecular weight excluding hydrogens is 402 g/mol. The van der Waals surface area contributed by atoms with Gasteiger partial charge in [-0.1, -0.05) is 18.2 Å². The number of hydrogen-bond donors (Lipinski definition) is 1. The zero-order valence-electron chi connectivity index (χ0n) is 16.9. The van der Waals surface area contributed by atoms with Crippen molar-refractivity contribution < 1.29 is 19.1 Å². The molecule has 0 radical (unpaired) electrons. The highest BCUT2D eigenvalue weighted by Crippen LogP contribution is 2.33. The molecule has 2 aromatic carbocycles. The standard InChI is InChI=1S/C22H25N3O4S/c1-15(21(23)26)30-20-5-3-2-4-17(20)22(27)25-10-8-24(9-11-25)13-16-6-7-18-19(12-16)29-14-28-18/h2-7,12,15H,8-11,13-14H2,1H3,(H2,23,26). The van der Waals surface area contributed by atoms with Crippen molar-refractivity contribution in [3.8, 4) is 11.5 Å². The van der Waals surface area contributed by atoms with E-state index in [0.29, 0.717) is 18.7 Å². The van der Waals surface area contributed by atoms with Crippen LogP contribution in [0.2, 0.25) is 0 Å². The van der Waals surface area contributed by atoms with Gasteiger partial charge in [0.15, 0.2) is 11.5 Å². The number of rotatable bonds is 6. The highest BCUT2D eigenvalue weighted by molar-refractivity contribution is 8.00. The fourth-order valence-electron chi connectivity index (χ4n) is 3.57. The average molecular weight is 428 g/mol. The number of benzene rings is 2. The molecule has 1 saturated heterocycles. The van der Waals surface area contributed by atoms with E-state index < -0.39 is 5.25 Å². The molecule has 4 rings (SSSR count). The molecule has 0 aromatic heterocycles. The second-order valence-electron chi connectivity index (χ2n) is 7.41. The van der Waals surface area contributed by atoms with E-state index in [0.717, 1.165) is 36.0 Å². The minimum atomic E-state index is -0.391. The van der Waals surface area contributed by atoms with Crippen molar-refractivity contribution >= 4 is 23.6 Å². The van der Waals surface area contributed by atoms with E-state index in [2.05, 4.69) is 11.0 Å². The molecule has 1 atom stereocenters. The van der Waals surface area contributed by atoms with Crippen molar-refractivity contribution in [2.45, 2.75) is 23.6 Å². The van der Waals surface area contributed by atoms with Crippen LogP contribution in [-0.2, 0) is 11.3 Å². The third-order valence-corrected chi connectivity index (χ3v) is 6.52. The highest BCUT2D eigenvalue weighted by Gasteiger charge is 2.25. The minimum Gasteiger partial charge on any atom is -0.454 e. The van der Waals surface area contributed by atoms with Crippen LogP contribution in [0.25, 0.3) is 0 Å². The molecule has 0 bridgehead atoms. The second kappa shape index (κ2) is 8.97. The van der Waals surface area contributed by atoms with Crippen molar-refractivity contribution in [2.24, 2.45) is 5.73 Å². The van der Waals surface area contributed by atoms with Crippen molar-refractivity contribution in [2.75, 3.05) is 33.0 Å². The number of piperazine rings is 1. The van der Waals surface area contributed by atoms with Gasteiger partial charge in [0.2, 0.25) is 12.7 Å². The van der Waals surface area contributed by atoms with E-state index >= 15 is 0 Å². The maximum atomic E-state index is 13.1. The summed E-state index contributed by atoms with van der Waals surface area (Å²) in [6.45, 7) is 5.75. The largest absolute Gasteiger partial charge is 0.454 e. The molecule has 8 heteroatoms. The first kappa shape index (κ1) is 20.6. The number of ether oxygens (including phenoxy) is 2. The quantitative estimate of drug-likeness (QED) is 0.713. The van der Waals surface area contributed by atoms with Crippen molar-refractivity contribution in [3.63, 3.8) is 0 Å².